The SMILES string of the molecule is CCCCCCC(CCCC)CCOC(=O)C1C=CC(C#N)=CC1. The number of nitrogens with zero attached hydrogens (tertiary/aromatic N) is 1. The molecule has 0 aromatic carbocycles. The van der Waals surface area contributed by atoms with Gasteiger partial charge in [-0.1, -0.05) is 77.4 Å². The van der Waals surface area contributed by atoms with E-state index in [9.17, 15) is 4.79 Å². The van der Waals surface area contributed by atoms with Crippen molar-refractivity contribution in [3.8, 4) is 6.07 Å². The maximum absolute atomic E-state index is 12.1. The van der Waals surface area contributed by atoms with Gasteiger partial charge in [-0.2, -0.15) is 5.26 Å². The highest BCUT2D eigenvalue weighted by Gasteiger charge is 2.19. The minimum absolute atomic E-state index is 0.153. The minimum atomic E-state index is -0.222. The number of carbonyl (C=O) groups is 1. The van der Waals surface area contributed by atoms with E-state index in [4.69, 9.17) is 10.00 Å². The summed E-state index contributed by atoms with van der Waals surface area (Å²) in [7, 11) is 0. The number of hydrogen-bond donors (Lipinski definition) is 0. The van der Waals surface area contributed by atoms with E-state index in [2.05, 4.69) is 19.9 Å². The van der Waals surface area contributed by atoms with Crippen LogP contribution >= 0.6 is 0 Å². The second kappa shape index (κ2) is 12.8. The number of carbonyl (C=O) groups excluding carboxylic acids is 1. The molecule has 3 nitrogen and oxygen atoms in total. The maximum Gasteiger partial charge on any atom is 0.313 e. The quantitative estimate of drug-likeness (QED) is 0.339. The standard InChI is InChI=1S/C21H33NO2/c1-3-5-7-8-10-18(9-6-4-2)15-16-24-21(23)20-13-11-19(17-22)12-14-20/h11-13,18,20H,3-10,14-16H2,1-2H3. The summed E-state index contributed by atoms with van der Waals surface area (Å²) >= 11 is 0. The highest BCUT2D eigenvalue weighted by molar-refractivity contribution is 5.75. The molecule has 0 bridgehead atoms. The van der Waals surface area contributed by atoms with E-state index in [0.29, 0.717) is 24.5 Å². The molecular weight excluding hydrogens is 298 g/mol. The Hall–Kier alpha value is -1.56. The van der Waals surface area contributed by atoms with Crippen LogP contribution in [-0.2, 0) is 9.53 Å². The molecule has 0 spiro atoms. The Balaban J connectivity index is 2.27. The number of hydrogen-bond acceptors (Lipinski definition) is 3. The zero-order valence-corrected chi connectivity index (χ0v) is 15.4. The van der Waals surface area contributed by atoms with Gasteiger partial charge in [-0.05, 0) is 24.8 Å². The monoisotopic (exact) mass is 331 g/mol. The number of nitriles is 1. The van der Waals surface area contributed by atoms with Gasteiger partial charge in [-0.25, -0.2) is 0 Å². The van der Waals surface area contributed by atoms with Crippen LogP contribution in [0.4, 0.5) is 0 Å². The Morgan fingerprint density at radius 2 is 1.96 bits per heavy atom. The van der Waals surface area contributed by atoms with Crippen LogP contribution in [0.2, 0.25) is 0 Å². The number of allylic oxidation sites excluding steroid dienone is 3. The number of esters is 1. The first-order valence-electron chi connectivity index (χ1n) is 9.66. The summed E-state index contributed by atoms with van der Waals surface area (Å²) in [5.41, 5.74) is 0.630. The van der Waals surface area contributed by atoms with E-state index >= 15 is 0 Å². The Morgan fingerprint density at radius 3 is 2.58 bits per heavy atom. The number of ether oxygens (including phenoxy) is 1. The topological polar surface area (TPSA) is 50.1 Å². The lowest BCUT2D eigenvalue weighted by atomic mass is 9.92. The van der Waals surface area contributed by atoms with E-state index in [-0.39, 0.29) is 11.9 Å². The van der Waals surface area contributed by atoms with Gasteiger partial charge in [0.05, 0.1) is 18.6 Å². The van der Waals surface area contributed by atoms with Gasteiger partial charge in [-0.15, -0.1) is 0 Å². The van der Waals surface area contributed by atoms with Crippen molar-refractivity contribution in [2.24, 2.45) is 11.8 Å². The summed E-state index contributed by atoms with van der Waals surface area (Å²) in [5.74, 6) is 0.307. The third-order valence-corrected chi connectivity index (χ3v) is 4.73. The van der Waals surface area contributed by atoms with Crippen LogP contribution in [0.5, 0.6) is 0 Å². The van der Waals surface area contributed by atoms with E-state index in [1.54, 1.807) is 12.2 Å². The molecule has 1 aliphatic carbocycles. The first-order valence-corrected chi connectivity index (χ1v) is 9.66. The number of rotatable bonds is 12. The summed E-state index contributed by atoms with van der Waals surface area (Å²) in [6.45, 7) is 5.00. The van der Waals surface area contributed by atoms with Crippen molar-refractivity contribution < 1.29 is 9.53 Å². The smallest absolute Gasteiger partial charge is 0.313 e. The molecule has 0 saturated heterocycles. The predicted octanol–water partition coefficient (Wildman–Crippen LogP) is 5.72. The maximum atomic E-state index is 12.1. The summed E-state index contributed by atoms with van der Waals surface area (Å²) in [6, 6.07) is 2.09. The van der Waals surface area contributed by atoms with Crippen molar-refractivity contribution in [2.45, 2.75) is 78.1 Å². The Labute approximate surface area is 147 Å². The Bertz CT molecular complexity index is 459. The lowest BCUT2D eigenvalue weighted by molar-refractivity contribution is -0.147. The van der Waals surface area contributed by atoms with Crippen LogP contribution < -0.4 is 0 Å². The highest BCUT2D eigenvalue weighted by Crippen LogP contribution is 2.22. The fraction of sp³-hybridized carbons (Fsp3) is 0.714. The molecule has 0 saturated carbocycles. The molecule has 3 heteroatoms. The van der Waals surface area contributed by atoms with Crippen molar-refractivity contribution in [3.63, 3.8) is 0 Å². The highest BCUT2D eigenvalue weighted by atomic mass is 16.5. The van der Waals surface area contributed by atoms with Gasteiger partial charge < -0.3 is 4.74 Å². The fourth-order valence-electron chi connectivity index (χ4n) is 3.10. The molecule has 0 radical (unpaired) electrons. The zero-order chi connectivity index (χ0) is 17.6. The predicted molar refractivity (Wildman–Crippen MR) is 98.3 cm³/mol. The van der Waals surface area contributed by atoms with Gasteiger partial charge in [-0.3, -0.25) is 4.79 Å². The molecule has 0 aromatic rings. The van der Waals surface area contributed by atoms with Gasteiger partial charge in [0, 0.05) is 5.57 Å². The van der Waals surface area contributed by atoms with Crippen LogP contribution in [-0.4, -0.2) is 12.6 Å². The van der Waals surface area contributed by atoms with E-state index in [0.717, 1.165) is 6.42 Å². The largest absolute Gasteiger partial charge is 0.465 e. The van der Waals surface area contributed by atoms with E-state index in [1.807, 2.05) is 6.08 Å². The molecule has 134 valence electrons. The normalized spacial score (nSPS) is 17.9. The van der Waals surface area contributed by atoms with Crippen molar-refractivity contribution in [1.29, 1.82) is 5.26 Å². The van der Waals surface area contributed by atoms with Gasteiger partial charge >= 0.3 is 5.97 Å². The second-order valence-corrected chi connectivity index (χ2v) is 6.79. The summed E-state index contributed by atoms with van der Waals surface area (Å²) < 4.78 is 5.49. The summed E-state index contributed by atoms with van der Waals surface area (Å²) in [6.07, 6.45) is 17.1. The molecular formula is C21H33NO2. The van der Waals surface area contributed by atoms with Crippen LogP contribution in [0.3, 0.4) is 0 Å². The molecule has 0 fully saturated rings. The molecule has 1 aliphatic rings. The van der Waals surface area contributed by atoms with Gasteiger partial charge in [0.15, 0.2) is 0 Å². The average molecular weight is 332 g/mol. The second-order valence-electron chi connectivity index (χ2n) is 6.79. The zero-order valence-electron chi connectivity index (χ0n) is 15.4. The molecule has 1 rings (SSSR count). The van der Waals surface area contributed by atoms with Gasteiger partial charge in [0.1, 0.15) is 0 Å². The molecule has 0 amide bonds. The molecule has 0 aliphatic heterocycles. The first kappa shape index (κ1) is 20.5. The van der Waals surface area contributed by atoms with Crippen molar-refractivity contribution in [1.82, 2.24) is 0 Å². The van der Waals surface area contributed by atoms with Crippen LogP contribution in [0.25, 0.3) is 0 Å². The van der Waals surface area contributed by atoms with Gasteiger partial charge in [0.2, 0.25) is 0 Å². The van der Waals surface area contributed by atoms with E-state index < -0.39 is 0 Å². The molecule has 0 heterocycles. The molecule has 2 atom stereocenters. The molecule has 24 heavy (non-hydrogen) atoms. The van der Waals surface area contributed by atoms with Crippen molar-refractivity contribution in [2.75, 3.05) is 6.61 Å². The minimum Gasteiger partial charge on any atom is -0.465 e. The van der Waals surface area contributed by atoms with Crippen LogP contribution in [0.15, 0.2) is 23.8 Å². The summed E-state index contributed by atoms with van der Waals surface area (Å²) in [4.78, 5) is 12.1. The Kier molecular flexibility index (Phi) is 10.9. The number of unbranched alkanes of at least 4 members (excludes halogenated alkanes) is 4. The molecule has 0 aromatic heterocycles. The van der Waals surface area contributed by atoms with Crippen LogP contribution in [0.1, 0.15) is 78.1 Å². The fourth-order valence-corrected chi connectivity index (χ4v) is 3.10. The molecule has 0 N–H and O–H groups in total. The average Bonchev–Trinajstić information content (AvgIpc) is 2.62. The van der Waals surface area contributed by atoms with Gasteiger partial charge in [0.25, 0.3) is 0 Å². The lowest BCUT2D eigenvalue weighted by Gasteiger charge is -2.18. The molecule has 2 unspecified atom stereocenters. The summed E-state index contributed by atoms with van der Waals surface area (Å²) in [5, 5.41) is 8.81. The lowest BCUT2D eigenvalue weighted by Crippen LogP contribution is -2.18. The van der Waals surface area contributed by atoms with Crippen LogP contribution in [0, 0.1) is 23.2 Å². The van der Waals surface area contributed by atoms with Crippen molar-refractivity contribution in [3.05, 3.63) is 23.8 Å². The van der Waals surface area contributed by atoms with E-state index in [1.165, 1.54) is 51.4 Å². The van der Waals surface area contributed by atoms with Crippen molar-refractivity contribution >= 4 is 5.97 Å². The third kappa shape index (κ3) is 8.34. The Morgan fingerprint density at radius 1 is 1.21 bits per heavy atom. The third-order valence-electron chi connectivity index (χ3n) is 4.73. The first-order chi connectivity index (χ1) is 11.7.